The molecule has 0 atom stereocenters. The summed E-state index contributed by atoms with van der Waals surface area (Å²) in [6.07, 6.45) is 0. The highest BCUT2D eigenvalue weighted by molar-refractivity contribution is 8.00. The molecule has 0 aliphatic rings. The Morgan fingerprint density at radius 1 is 1.12 bits per heavy atom. The van der Waals surface area contributed by atoms with Gasteiger partial charge in [0.25, 0.3) is 5.56 Å². The van der Waals surface area contributed by atoms with Gasteiger partial charge in [0.15, 0.2) is 0 Å². The second-order valence-corrected chi connectivity index (χ2v) is 7.50. The maximum Gasteiger partial charge on any atom is 0.325 e. The van der Waals surface area contributed by atoms with Crippen molar-refractivity contribution >= 4 is 17.7 Å². The van der Waals surface area contributed by atoms with Crippen LogP contribution in [0.4, 0.5) is 0 Å². The van der Waals surface area contributed by atoms with Crippen LogP contribution < -0.4 is 16.6 Å². The van der Waals surface area contributed by atoms with Gasteiger partial charge in [-0.25, -0.2) is 4.79 Å². The molecule has 7 heteroatoms. The van der Waals surface area contributed by atoms with Crippen LogP contribution >= 0.6 is 11.8 Å². The number of H-pyrrole nitrogens is 2. The number of rotatable bonds is 5. The zero-order valence-electron chi connectivity index (χ0n) is 13.9. The van der Waals surface area contributed by atoms with E-state index in [-0.39, 0.29) is 23.6 Å². The summed E-state index contributed by atoms with van der Waals surface area (Å²) in [6.45, 7) is 6.58. The molecule has 0 unspecified atom stereocenters. The normalized spacial score (nSPS) is 11.3. The van der Waals surface area contributed by atoms with Gasteiger partial charge in [0.2, 0.25) is 5.91 Å². The van der Waals surface area contributed by atoms with Crippen molar-refractivity contribution in [2.24, 2.45) is 0 Å². The first-order valence-electron chi connectivity index (χ1n) is 7.56. The van der Waals surface area contributed by atoms with Crippen LogP contribution in [-0.2, 0) is 16.8 Å². The van der Waals surface area contributed by atoms with Gasteiger partial charge in [0.1, 0.15) is 0 Å². The van der Waals surface area contributed by atoms with E-state index in [1.54, 1.807) is 0 Å². The van der Waals surface area contributed by atoms with E-state index in [1.807, 2.05) is 12.1 Å². The number of carbonyl (C=O) groups is 1. The number of thioether (sulfide) groups is 1. The highest BCUT2D eigenvalue weighted by Gasteiger charge is 2.13. The Labute approximate surface area is 144 Å². The Bertz CT molecular complexity index is 788. The lowest BCUT2D eigenvalue weighted by atomic mass is 9.87. The van der Waals surface area contributed by atoms with Crippen LogP contribution in [0.3, 0.4) is 0 Å². The molecule has 0 saturated carbocycles. The quantitative estimate of drug-likeness (QED) is 0.719. The third-order valence-electron chi connectivity index (χ3n) is 3.38. The molecule has 0 aliphatic carbocycles. The lowest BCUT2D eigenvalue weighted by molar-refractivity contribution is -0.118. The van der Waals surface area contributed by atoms with Crippen molar-refractivity contribution in [3.63, 3.8) is 0 Å². The standard InChI is InChI=1S/C17H21N3O3S/c1-17(2,3)11-4-6-13(7-5-11)24-10-15(22)18-9-12-8-14(21)20-16(23)19-12/h4-8H,9-10H2,1-3H3,(H,18,22)(H2,19,20,21,23). The van der Waals surface area contributed by atoms with E-state index >= 15 is 0 Å². The molecule has 1 amide bonds. The summed E-state index contributed by atoms with van der Waals surface area (Å²) in [5, 5.41) is 2.68. The molecule has 1 aromatic carbocycles. The maximum atomic E-state index is 11.9. The molecule has 1 heterocycles. The highest BCUT2D eigenvalue weighted by Crippen LogP contribution is 2.25. The van der Waals surface area contributed by atoms with E-state index in [0.717, 1.165) is 4.90 Å². The summed E-state index contributed by atoms with van der Waals surface area (Å²) < 4.78 is 0. The summed E-state index contributed by atoms with van der Waals surface area (Å²) in [5.41, 5.74) is 0.646. The number of hydrogen-bond donors (Lipinski definition) is 3. The molecule has 24 heavy (non-hydrogen) atoms. The summed E-state index contributed by atoms with van der Waals surface area (Å²) >= 11 is 1.44. The Hall–Kier alpha value is -2.28. The summed E-state index contributed by atoms with van der Waals surface area (Å²) in [4.78, 5) is 39.7. The molecule has 2 aromatic rings. The van der Waals surface area contributed by atoms with Gasteiger partial charge in [-0.1, -0.05) is 32.9 Å². The van der Waals surface area contributed by atoms with Gasteiger partial charge in [-0.15, -0.1) is 11.8 Å². The van der Waals surface area contributed by atoms with Crippen LogP contribution in [0.2, 0.25) is 0 Å². The predicted molar refractivity (Wildman–Crippen MR) is 95.4 cm³/mol. The van der Waals surface area contributed by atoms with Gasteiger partial charge in [-0.2, -0.15) is 0 Å². The molecule has 0 spiro atoms. The molecule has 0 fully saturated rings. The second kappa shape index (κ2) is 7.53. The van der Waals surface area contributed by atoms with Gasteiger partial charge in [0.05, 0.1) is 12.3 Å². The molecule has 1 aromatic heterocycles. The van der Waals surface area contributed by atoms with E-state index < -0.39 is 11.2 Å². The zero-order valence-corrected chi connectivity index (χ0v) is 14.8. The molecule has 0 aliphatic heterocycles. The summed E-state index contributed by atoms with van der Waals surface area (Å²) in [7, 11) is 0. The fourth-order valence-electron chi connectivity index (χ4n) is 2.06. The van der Waals surface area contributed by atoms with Gasteiger partial charge < -0.3 is 10.3 Å². The van der Waals surface area contributed by atoms with Crippen LogP contribution in [0.15, 0.2) is 44.8 Å². The van der Waals surface area contributed by atoms with E-state index in [0.29, 0.717) is 5.69 Å². The van der Waals surface area contributed by atoms with Crippen molar-refractivity contribution in [2.45, 2.75) is 37.6 Å². The van der Waals surface area contributed by atoms with Crippen molar-refractivity contribution in [3.8, 4) is 0 Å². The van der Waals surface area contributed by atoms with Crippen molar-refractivity contribution in [2.75, 3.05) is 5.75 Å². The van der Waals surface area contributed by atoms with Gasteiger partial charge in [-0.3, -0.25) is 14.6 Å². The van der Waals surface area contributed by atoms with Crippen molar-refractivity contribution in [1.82, 2.24) is 15.3 Å². The van der Waals surface area contributed by atoms with Crippen LogP contribution in [-0.4, -0.2) is 21.6 Å². The van der Waals surface area contributed by atoms with Gasteiger partial charge >= 0.3 is 5.69 Å². The minimum Gasteiger partial charge on any atom is -0.350 e. The van der Waals surface area contributed by atoms with E-state index in [1.165, 1.54) is 23.4 Å². The Morgan fingerprint density at radius 3 is 2.38 bits per heavy atom. The first kappa shape index (κ1) is 18.1. The van der Waals surface area contributed by atoms with Gasteiger partial charge in [-0.05, 0) is 23.1 Å². The number of amides is 1. The molecule has 2 rings (SSSR count). The molecule has 0 radical (unpaired) electrons. The summed E-state index contributed by atoms with van der Waals surface area (Å²) in [5.74, 6) is 0.100. The van der Waals surface area contributed by atoms with Crippen LogP contribution in [0, 0.1) is 0 Å². The molecule has 0 saturated heterocycles. The smallest absolute Gasteiger partial charge is 0.325 e. The van der Waals surface area contributed by atoms with E-state index in [2.05, 4.69) is 48.2 Å². The van der Waals surface area contributed by atoms with E-state index in [9.17, 15) is 14.4 Å². The molecule has 0 bridgehead atoms. The predicted octanol–water partition coefficient (Wildman–Crippen LogP) is 1.77. The molecular formula is C17H21N3O3S. The third kappa shape index (κ3) is 5.42. The number of carbonyl (C=O) groups excluding carboxylic acids is 1. The monoisotopic (exact) mass is 347 g/mol. The lowest BCUT2D eigenvalue weighted by Crippen LogP contribution is -2.29. The lowest BCUT2D eigenvalue weighted by Gasteiger charge is -2.19. The Balaban J connectivity index is 1.85. The number of nitrogens with one attached hydrogen (secondary N) is 3. The number of benzene rings is 1. The maximum absolute atomic E-state index is 11.9. The minimum atomic E-state index is -0.583. The first-order chi connectivity index (χ1) is 11.2. The Morgan fingerprint density at radius 2 is 1.79 bits per heavy atom. The van der Waals surface area contributed by atoms with Gasteiger partial charge in [0, 0.05) is 16.7 Å². The minimum absolute atomic E-state index is 0.102. The molecule has 3 N–H and O–H groups in total. The van der Waals surface area contributed by atoms with Crippen molar-refractivity contribution < 1.29 is 4.79 Å². The van der Waals surface area contributed by atoms with Crippen LogP contribution in [0.5, 0.6) is 0 Å². The van der Waals surface area contributed by atoms with Crippen molar-refractivity contribution in [1.29, 1.82) is 0 Å². The van der Waals surface area contributed by atoms with E-state index in [4.69, 9.17) is 0 Å². The first-order valence-corrected chi connectivity index (χ1v) is 8.55. The summed E-state index contributed by atoms with van der Waals surface area (Å²) in [6, 6.07) is 9.40. The highest BCUT2D eigenvalue weighted by atomic mass is 32.2. The average Bonchev–Trinajstić information content (AvgIpc) is 2.49. The largest absolute Gasteiger partial charge is 0.350 e. The third-order valence-corrected chi connectivity index (χ3v) is 4.39. The average molecular weight is 347 g/mol. The number of aromatic amines is 2. The SMILES string of the molecule is CC(C)(C)c1ccc(SCC(=O)NCc2cc(=O)[nH]c(=O)[nH]2)cc1. The fraction of sp³-hybridized carbons (Fsp3) is 0.353. The fourth-order valence-corrected chi connectivity index (χ4v) is 2.79. The number of hydrogen-bond acceptors (Lipinski definition) is 4. The second-order valence-electron chi connectivity index (χ2n) is 6.45. The molecular weight excluding hydrogens is 326 g/mol. The zero-order chi connectivity index (χ0) is 17.7. The van der Waals surface area contributed by atoms with Crippen molar-refractivity contribution in [3.05, 3.63) is 62.4 Å². The van der Waals surface area contributed by atoms with Crippen LogP contribution in [0.1, 0.15) is 32.0 Å². The number of aromatic nitrogens is 2. The molecule has 6 nitrogen and oxygen atoms in total. The van der Waals surface area contributed by atoms with Crippen LogP contribution in [0.25, 0.3) is 0 Å². The molecule has 128 valence electrons. The Kier molecular flexibility index (Phi) is 5.66. The topological polar surface area (TPSA) is 94.8 Å².